The van der Waals surface area contributed by atoms with E-state index >= 15 is 0 Å². The van der Waals surface area contributed by atoms with Crippen LogP contribution in [0.4, 0.5) is 0 Å². The first-order chi connectivity index (χ1) is 9.77. The molecule has 0 spiro atoms. The van der Waals surface area contributed by atoms with Gasteiger partial charge in [0.15, 0.2) is 0 Å². The van der Waals surface area contributed by atoms with Crippen molar-refractivity contribution in [1.82, 2.24) is 4.90 Å². The third-order valence-corrected chi connectivity index (χ3v) is 3.70. The summed E-state index contributed by atoms with van der Waals surface area (Å²) in [6.07, 6.45) is 0.961. The molecule has 1 aromatic rings. The molecule has 1 aliphatic heterocycles. The Morgan fingerprint density at radius 2 is 2.15 bits per heavy atom. The zero-order valence-corrected chi connectivity index (χ0v) is 12.2. The fourth-order valence-electron chi connectivity index (χ4n) is 2.68. The number of rotatable bonds is 5. The SMILES string of the molecule is CCOC(=O)C(c1ccccc1)N1CCOCC1CC. The molecule has 2 rings (SSSR count). The molecule has 0 N–H and O–H groups in total. The van der Waals surface area contributed by atoms with Gasteiger partial charge in [-0.15, -0.1) is 0 Å². The molecule has 1 heterocycles. The largest absolute Gasteiger partial charge is 0.465 e. The van der Waals surface area contributed by atoms with Crippen LogP contribution in [0.1, 0.15) is 31.9 Å². The van der Waals surface area contributed by atoms with Gasteiger partial charge in [0.2, 0.25) is 0 Å². The summed E-state index contributed by atoms with van der Waals surface area (Å²) in [5.41, 5.74) is 0.992. The van der Waals surface area contributed by atoms with E-state index in [2.05, 4.69) is 11.8 Å². The van der Waals surface area contributed by atoms with Gasteiger partial charge in [0, 0.05) is 12.6 Å². The van der Waals surface area contributed by atoms with Crippen LogP contribution >= 0.6 is 0 Å². The van der Waals surface area contributed by atoms with Crippen molar-refractivity contribution < 1.29 is 14.3 Å². The third kappa shape index (κ3) is 3.38. The van der Waals surface area contributed by atoms with Crippen molar-refractivity contribution in [2.24, 2.45) is 0 Å². The molecule has 20 heavy (non-hydrogen) atoms. The topological polar surface area (TPSA) is 38.8 Å². The van der Waals surface area contributed by atoms with Crippen LogP contribution in [0, 0.1) is 0 Å². The molecule has 0 saturated carbocycles. The lowest BCUT2D eigenvalue weighted by atomic mass is 10.0. The average Bonchev–Trinajstić information content (AvgIpc) is 2.49. The molecule has 0 aliphatic carbocycles. The van der Waals surface area contributed by atoms with Gasteiger partial charge in [-0.25, -0.2) is 4.79 Å². The van der Waals surface area contributed by atoms with Crippen LogP contribution in [0.25, 0.3) is 0 Å². The van der Waals surface area contributed by atoms with E-state index in [1.54, 1.807) is 0 Å². The number of carbonyl (C=O) groups is 1. The summed E-state index contributed by atoms with van der Waals surface area (Å²) in [6, 6.07) is 9.80. The first-order valence-electron chi connectivity index (χ1n) is 7.33. The van der Waals surface area contributed by atoms with Gasteiger partial charge < -0.3 is 9.47 Å². The summed E-state index contributed by atoms with van der Waals surface area (Å²) in [5, 5.41) is 0. The monoisotopic (exact) mass is 277 g/mol. The molecule has 2 atom stereocenters. The number of benzene rings is 1. The summed E-state index contributed by atoms with van der Waals surface area (Å²) >= 11 is 0. The highest BCUT2D eigenvalue weighted by atomic mass is 16.5. The minimum Gasteiger partial charge on any atom is -0.465 e. The molecule has 4 heteroatoms. The van der Waals surface area contributed by atoms with Crippen molar-refractivity contribution in [2.75, 3.05) is 26.4 Å². The van der Waals surface area contributed by atoms with E-state index in [1.165, 1.54) is 0 Å². The highest BCUT2D eigenvalue weighted by Crippen LogP contribution is 2.27. The number of morpholine rings is 1. The fourth-order valence-corrected chi connectivity index (χ4v) is 2.68. The number of hydrogen-bond acceptors (Lipinski definition) is 4. The molecule has 0 bridgehead atoms. The molecule has 0 amide bonds. The summed E-state index contributed by atoms with van der Waals surface area (Å²) in [7, 11) is 0. The van der Waals surface area contributed by atoms with Crippen molar-refractivity contribution in [1.29, 1.82) is 0 Å². The maximum absolute atomic E-state index is 12.4. The van der Waals surface area contributed by atoms with Crippen molar-refractivity contribution in [2.45, 2.75) is 32.4 Å². The van der Waals surface area contributed by atoms with E-state index in [4.69, 9.17) is 9.47 Å². The molecule has 4 nitrogen and oxygen atoms in total. The van der Waals surface area contributed by atoms with Crippen LogP contribution in [-0.4, -0.2) is 43.3 Å². The smallest absolute Gasteiger partial charge is 0.328 e. The molecular formula is C16H23NO3. The second kappa shape index (κ2) is 7.41. The highest BCUT2D eigenvalue weighted by molar-refractivity contribution is 5.77. The highest BCUT2D eigenvalue weighted by Gasteiger charge is 2.34. The van der Waals surface area contributed by atoms with Crippen molar-refractivity contribution in [3.8, 4) is 0 Å². The molecule has 1 aromatic carbocycles. The van der Waals surface area contributed by atoms with Crippen LogP contribution in [0.5, 0.6) is 0 Å². The van der Waals surface area contributed by atoms with Crippen LogP contribution in [0.15, 0.2) is 30.3 Å². The Morgan fingerprint density at radius 1 is 1.40 bits per heavy atom. The Balaban J connectivity index is 2.28. The second-order valence-corrected chi connectivity index (χ2v) is 4.94. The Morgan fingerprint density at radius 3 is 2.80 bits per heavy atom. The maximum atomic E-state index is 12.4. The van der Waals surface area contributed by atoms with Gasteiger partial charge in [0.1, 0.15) is 6.04 Å². The van der Waals surface area contributed by atoms with Gasteiger partial charge in [-0.3, -0.25) is 4.90 Å². The van der Waals surface area contributed by atoms with E-state index in [0.717, 1.165) is 18.5 Å². The van der Waals surface area contributed by atoms with Gasteiger partial charge in [-0.2, -0.15) is 0 Å². The number of esters is 1. The zero-order valence-electron chi connectivity index (χ0n) is 12.2. The van der Waals surface area contributed by atoms with E-state index in [1.807, 2.05) is 37.3 Å². The lowest BCUT2D eigenvalue weighted by Gasteiger charge is -2.39. The molecule has 1 saturated heterocycles. The molecule has 110 valence electrons. The summed E-state index contributed by atoms with van der Waals surface area (Å²) in [4.78, 5) is 14.6. The van der Waals surface area contributed by atoms with Crippen molar-refractivity contribution >= 4 is 5.97 Å². The molecule has 0 aromatic heterocycles. The lowest BCUT2D eigenvalue weighted by Crippen LogP contribution is -2.49. The van der Waals surface area contributed by atoms with Gasteiger partial charge >= 0.3 is 5.97 Å². The quantitative estimate of drug-likeness (QED) is 0.775. The van der Waals surface area contributed by atoms with Crippen molar-refractivity contribution in [3.63, 3.8) is 0 Å². The normalized spacial score (nSPS) is 21.4. The Labute approximate surface area is 120 Å². The summed E-state index contributed by atoms with van der Waals surface area (Å²) in [6.45, 7) is 6.48. The predicted octanol–water partition coefficient (Wildman–Crippen LogP) is 2.40. The third-order valence-electron chi connectivity index (χ3n) is 3.70. The average molecular weight is 277 g/mol. The van der Waals surface area contributed by atoms with Gasteiger partial charge in [-0.1, -0.05) is 37.3 Å². The van der Waals surface area contributed by atoms with Gasteiger partial charge in [0.25, 0.3) is 0 Å². The van der Waals surface area contributed by atoms with Crippen LogP contribution < -0.4 is 0 Å². The van der Waals surface area contributed by atoms with E-state index in [-0.39, 0.29) is 18.1 Å². The second-order valence-electron chi connectivity index (χ2n) is 4.94. The Kier molecular flexibility index (Phi) is 5.56. The van der Waals surface area contributed by atoms with Crippen LogP contribution in [0.3, 0.4) is 0 Å². The Bertz CT molecular complexity index is 421. The van der Waals surface area contributed by atoms with Crippen LogP contribution in [0.2, 0.25) is 0 Å². The van der Waals surface area contributed by atoms with Gasteiger partial charge in [0.05, 0.1) is 19.8 Å². The predicted molar refractivity (Wildman–Crippen MR) is 77.4 cm³/mol. The van der Waals surface area contributed by atoms with Gasteiger partial charge in [-0.05, 0) is 18.9 Å². The van der Waals surface area contributed by atoms with Crippen molar-refractivity contribution in [3.05, 3.63) is 35.9 Å². The maximum Gasteiger partial charge on any atom is 0.328 e. The molecule has 1 fully saturated rings. The number of hydrogen-bond donors (Lipinski definition) is 0. The van der Waals surface area contributed by atoms with Crippen LogP contribution in [-0.2, 0) is 14.3 Å². The Hall–Kier alpha value is -1.39. The number of nitrogens with zero attached hydrogens (tertiary/aromatic N) is 1. The minimum atomic E-state index is -0.329. The van der Waals surface area contributed by atoms with E-state index in [9.17, 15) is 4.79 Å². The van der Waals surface area contributed by atoms with E-state index < -0.39 is 0 Å². The first kappa shape index (κ1) is 15.0. The standard InChI is InChI=1S/C16H23NO3/c1-3-14-12-19-11-10-17(14)15(16(18)20-4-2)13-8-6-5-7-9-13/h5-9,14-15H,3-4,10-12H2,1-2H3. The first-order valence-corrected chi connectivity index (χ1v) is 7.33. The zero-order chi connectivity index (χ0) is 14.4. The summed E-state index contributed by atoms with van der Waals surface area (Å²) in [5.74, 6) is -0.168. The van der Waals surface area contributed by atoms with E-state index in [0.29, 0.717) is 19.8 Å². The number of carbonyl (C=O) groups excluding carboxylic acids is 1. The molecule has 2 unspecified atom stereocenters. The molecule has 0 radical (unpaired) electrons. The minimum absolute atomic E-state index is 0.168. The lowest BCUT2D eigenvalue weighted by molar-refractivity contribution is -0.154. The molecular weight excluding hydrogens is 254 g/mol. The fraction of sp³-hybridized carbons (Fsp3) is 0.562. The molecule has 1 aliphatic rings. The summed E-state index contributed by atoms with van der Waals surface area (Å²) < 4.78 is 10.8. The number of ether oxygens (including phenoxy) is 2.